The predicted molar refractivity (Wildman–Crippen MR) is 94.0 cm³/mol. The van der Waals surface area contributed by atoms with E-state index in [2.05, 4.69) is 11.9 Å². The van der Waals surface area contributed by atoms with E-state index in [0.29, 0.717) is 23.8 Å². The third kappa shape index (κ3) is 5.35. The summed E-state index contributed by atoms with van der Waals surface area (Å²) in [7, 11) is 0. The number of nitrogens with one attached hydrogen (secondary N) is 1. The van der Waals surface area contributed by atoms with E-state index < -0.39 is 11.0 Å². The van der Waals surface area contributed by atoms with E-state index in [9.17, 15) is 14.9 Å². The molecular weight excluding hydrogens is 324 g/mol. The van der Waals surface area contributed by atoms with Crippen molar-refractivity contribution in [3.63, 3.8) is 0 Å². The number of nitro groups is 1. The zero-order valence-electron chi connectivity index (χ0n) is 13.7. The Bertz CT molecular complexity index is 741. The molecule has 0 aliphatic rings. The number of anilines is 1. The topological polar surface area (TPSA) is 90.7 Å². The first kappa shape index (κ1) is 18.0. The lowest BCUT2D eigenvalue weighted by Crippen LogP contribution is -2.30. The Balaban J connectivity index is 1.91. The summed E-state index contributed by atoms with van der Waals surface area (Å²) >= 11 is 0. The molecule has 130 valence electrons. The Morgan fingerprint density at radius 1 is 1.20 bits per heavy atom. The van der Waals surface area contributed by atoms with Crippen LogP contribution in [0, 0.1) is 10.1 Å². The number of carbonyl (C=O) groups is 1. The van der Waals surface area contributed by atoms with E-state index in [4.69, 9.17) is 9.47 Å². The van der Waals surface area contributed by atoms with Gasteiger partial charge in [0.25, 0.3) is 11.6 Å². The molecule has 0 saturated heterocycles. The van der Waals surface area contributed by atoms with Gasteiger partial charge in [-0.15, -0.1) is 0 Å². The molecule has 2 rings (SSSR count). The van der Waals surface area contributed by atoms with Gasteiger partial charge < -0.3 is 14.8 Å². The van der Waals surface area contributed by atoms with Crippen molar-refractivity contribution in [3.8, 4) is 11.5 Å². The maximum Gasteiger partial charge on any atom is 0.269 e. The van der Waals surface area contributed by atoms with E-state index in [-0.39, 0.29) is 11.6 Å². The van der Waals surface area contributed by atoms with Crippen molar-refractivity contribution in [1.29, 1.82) is 0 Å². The second kappa shape index (κ2) is 8.49. The van der Waals surface area contributed by atoms with Crippen LogP contribution in [0.25, 0.3) is 0 Å². The van der Waals surface area contributed by atoms with Crippen LogP contribution in [0.2, 0.25) is 0 Å². The van der Waals surface area contributed by atoms with E-state index in [1.807, 2.05) is 0 Å². The Labute approximate surface area is 145 Å². The summed E-state index contributed by atoms with van der Waals surface area (Å²) in [6.45, 7) is 5.57. The second-order valence-electron chi connectivity index (χ2n) is 5.12. The monoisotopic (exact) mass is 342 g/mol. The van der Waals surface area contributed by atoms with Gasteiger partial charge in [-0.05, 0) is 43.3 Å². The summed E-state index contributed by atoms with van der Waals surface area (Å²) in [4.78, 5) is 22.3. The number of nitro benzene ring substituents is 1. The maximum absolute atomic E-state index is 12.2. The fraction of sp³-hybridized carbons (Fsp3) is 0.167. The molecule has 2 aromatic carbocycles. The molecule has 0 unspecified atom stereocenters. The van der Waals surface area contributed by atoms with Crippen molar-refractivity contribution in [1.82, 2.24) is 0 Å². The number of benzene rings is 2. The highest BCUT2D eigenvalue weighted by molar-refractivity contribution is 5.94. The molecule has 0 fully saturated rings. The lowest BCUT2D eigenvalue weighted by Gasteiger charge is -2.15. The van der Waals surface area contributed by atoms with Gasteiger partial charge in [0.15, 0.2) is 6.10 Å². The van der Waals surface area contributed by atoms with Crippen molar-refractivity contribution in [3.05, 3.63) is 71.3 Å². The smallest absolute Gasteiger partial charge is 0.269 e. The summed E-state index contributed by atoms with van der Waals surface area (Å²) in [6.07, 6.45) is 0.880. The summed E-state index contributed by atoms with van der Waals surface area (Å²) < 4.78 is 10.9. The molecular formula is C18H18N2O5. The highest BCUT2D eigenvalue weighted by Crippen LogP contribution is 2.19. The third-order valence-corrected chi connectivity index (χ3v) is 3.22. The van der Waals surface area contributed by atoms with Gasteiger partial charge in [-0.2, -0.15) is 0 Å². The van der Waals surface area contributed by atoms with Crippen LogP contribution in [0.5, 0.6) is 11.5 Å². The summed E-state index contributed by atoms with van der Waals surface area (Å²) in [5.41, 5.74) is 0.568. The molecule has 25 heavy (non-hydrogen) atoms. The molecule has 0 radical (unpaired) electrons. The molecule has 0 aliphatic carbocycles. The number of nitrogens with zero attached hydrogens (tertiary/aromatic N) is 1. The third-order valence-electron chi connectivity index (χ3n) is 3.22. The highest BCUT2D eigenvalue weighted by atomic mass is 16.6. The Kier molecular flexibility index (Phi) is 6.11. The van der Waals surface area contributed by atoms with Gasteiger partial charge in [0.1, 0.15) is 18.1 Å². The molecule has 1 atom stereocenters. The van der Waals surface area contributed by atoms with E-state index in [1.54, 1.807) is 37.3 Å². The normalized spacial score (nSPS) is 11.2. The van der Waals surface area contributed by atoms with Crippen LogP contribution in [-0.2, 0) is 4.79 Å². The van der Waals surface area contributed by atoms with Crippen molar-refractivity contribution in [2.45, 2.75) is 13.0 Å². The largest absolute Gasteiger partial charge is 0.490 e. The first-order valence-corrected chi connectivity index (χ1v) is 7.55. The first-order chi connectivity index (χ1) is 12.0. The Hall–Kier alpha value is -3.35. The van der Waals surface area contributed by atoms with Crippen LogP contribution in [-0.4, -0.2) is 23.5 Å². The van der Waals surface area contributed by atoms with Gasteiger partial charge in [0.05, 0.1) is 4.92 Å². The Morgan fingerprint density at radius 2 is 1.80 bits per heavy atom. The minimum Gasteiger partial charge on any atom is -0.490 e. The molecule has 0 aromatic heterocycles. The maximum atomic E-state index is 12.2. The van der Waals surface area contributed by atoms with E-state index in [1.165, 1.54) is 24.3 Å². The fourth-order valence-electron chi connectivity index (χ4n) is 1.94. The standard InChI is InChI=1S/C18H18N2O5/c1-3-12-24-16-8-4-14(5-9-16)19-18(21)13(2)25-17-10-6-15(7-11-17)20(22)23/h3-11,13H,1,12H2,2H3,(H,19,21)/t13-/m1/s1. The van der Waals surface area contributed by atoms with Crippen LogP contribution in [0.1, 0.15) is 6.92 Å². The number of hydrogen-bond donors (Lipinski definition) is 1. The number of ether oxygens (including phenoxy) is 2. The van der Waals surface area contributed by atoms with E-state index in [0.717, 1.165) is 0 Å². The number of amides is 1. The van der Waals surface area contributed by atoms with Gasteiger partial charge in [0.2, 0.25) is 0 Å². The van der Waals surface area contributed by atoms with Gasteiger partial charge in [-0.25, -0.2) is 0 Å². The number of hydrogen-bond acceptors (Lipinski definition) is 5. The molecule has 0 aliphatic heterocycles. The minimum absolute atomic E-state index is 0.0387. The molecule has 7 nitrogen and oxygen atoms in total. The molecule has 0 bridgehead atoms. The lowest BCUT2D eigenvalue weighted by atomic mass is 10.2. The predicted octanol–water partition coefficient (Wildman–Crippen LogP) is 3.57. The second-order valence-corrected chi connectivity index (χ2v) is 5.12. The van der Waals surface area contributed by atoms with Gasteiger partial charge in [-0.1, -0.05) is 12.7 Å². The van der Waals surface area contributed by atoms with Crippen molar-refractivity contribution in [2.24, 2.45) is 0 Å². The van der Waals surface area contributed by atoms with Gasteiger partial charge in [0, 0.05) is 17.8 Å². The van der Waals surface area contributed by atoms with Crippen molar-refractivity contribution in [2.75, 3.05) is 11.9 Å². The number of non-ortho nitro benzene ring substituents is 1. The van der Waals surface area contributed by atoms with Crippen LogP contribution >= 0.6 is 0 Å². The molecule has 2 aromatic rings. The zero-order chi connectivity index (χ0) is 18.2. The fourth-order valence-corrected chi connectivity index (χ4v) is 1.94. The summed E-state index contributed by atoms with van der Waals surface area (Å²) in [6, 6.07) is 12.5. The summed E-state index contributed by atoms with van der Waals surface area (Å²) in [5.74, 6) is 0.715. The number of carbonyl (C=O) groups excluding carboxylic acids is 1. The van der Waals surface area contributed by atoms with Crippen LogP contribution in [0.3, 0.4) is 0 Å². The van der Waals surface area contributed by atoms with Crippen LogP contribution in [0.4, 0.5) is 11.4 Å². The average molecular weight is 342 g/mol. The van der Waals surface area contributed by atoms with Gasteiger partial charge >= 0.3 is 0 Å². The van der Waals surface area contributed by atoms with Gasteiger partial charge in [-0.3, -0.25) is 14.9 Å². The van der Waals surface area contributed by atoms with Crippen LogP contribution in [0.15, 0.2) is 61.2 Å². The zero-order valence-corrected chi connectivity index (χ0v) is 13.7. The number of rotatable bonds is 8. The quantitative estimate of drug-likeness (QED) is 0.450. The van der Waals surface area contributed by atoms with Crippen molar-refractivity contribution < 1.29 is 19.2 Å². The molecule has 1 amide bonds. The Morgan fingerprint density at radius 3 is 2.36 bits per heavy atom. The first-order valence-electron chi connectivity index (χ1n) is 7.55. The molecule has 0 saturated carbocycles. The minimum atomic E-state index is -0.766. The SMILES string of the molecule is C=CCOc1ccc(NC(=O)[C@@H](C)Oc2ccc([N+](=O)[O-])cc2)cc1. The molecule has 7 heteroatoms. The highest BCUT2D eigenvalue weighted by Gasteiger charge is 2.15. The van der Waals surface area contributed by atoms with Crippen LogP contribution < -0.4 is 14.8 Å². The molecule has 1 N–H and O–H groups in total. The molecule has 0 heterocycles. The lowest BCUT2D eigenvalue weighted by molar-refractivity contribution is -0.384. The van der Waals surface area contributed by atoms with Crippen molar-refractivity contribution >= 4 is 17.3 Å². The molecule has 0 spiro atoms. The van der Waals surface area contributed by atoms with E-state index >= 15 is 0 Å². The average Bonchev–Trinajstić information content (AvgIpc) is 2.61. The summed E-state index contributed by atoms with van der Waals surface area (Å²) in [5, 5.41) is 13.3.